The minimum absolute atomic E-state index is 0.00203. The molecule has 20 heavy (non-hydrogen) atoms. The van der Waals surface area contributed by atoms with Crippen LogP contribution >= 0.6 is 0 Å². The summed E-state index contributed by atoms with van der Waals surface area (Å²) in [7, 11) is 0. The lowest BCUT2D eigenvalue weighted by Crippen LogP contribution is -2.48. The Kier molecular flexibility index (Phi) is 4.77. The summed E-state index contributed by atoms with van der Waals surface area (Å²) in [6.07, 6.45) is 3.53. The van der Waals surface area contributed by atoms with Crippen LogP contribution in [-0.2, 0) is 16.0 Å². The van der Waals surface area contributed by atoms with Crippen molar-refractivity contribution in [2.45, 2.75) is 45.1 Å². The van der Waals surface area contributed by atoms with Crippen LogP contribution in [0.2, 0.25) is 0 Å². The quantitative estimate of drug-likeness (QED) is 0.917. The number of carbonyl (C=O) groups is 2. The molecule has 1 aromatic rings. The van der Waals surface area contributed by atoms with Crippen LogP contribution in [0.25, 0.3) is 0 Å². The molecule has 1 aliphatic heterocycles. The number of hydrogen-bond donors (Lipinski definition) is 1. The Morgan fingerprint density at radius 3 is 2.60 bits per heavy atom. The van der Waals surface area contributed by atoms with Crippen LogP contribution in [0.4, 0.5) is 0 Å². The molecule has 0 unspecified atom stereocenters. The van der Waals surface area contributed by atoms with Crippen molar-refractivity contribution < 1.29 is 14.7 Å². The summed E-state index contributed by atoms with van der Waals surface area (Å²) in [6, 6.07) is 6.40. The zero-order chi connectivity index (χ0) is 14.5. The van der Waals surface area contributed by atoms with Crippen LogP contribution in [0.5, 0.6) is 5.75 Å². The van der Waals surface area contributed by atoms with Crippen LogP contribution in [0.1, 0.15) is 38.2 Å². The smallest absolute Gasteiger partial charge is 0.227 e. The molecule has 0 saturated carbocycles. The van der Waals surface area contributed by atoms with Crippen molar-refractivity contribution in [3.63, 3.8) is 0 Å². The highest BCUT2D eigenvalue weighted by Crippen LogP contribution is 2.20. The van der Waals surface area contributed by atoms with Gasteiger partial charge in [0, 0.05) is 13.0 Å². The maximum atomic E-state index is 12.4. The number of amides is 1. The van der Waals surface area contributed by atoms with Crippen LogP contribution < -0.4 is 0 Å². The summed E-state index contributed by atoms with van der Waals surface area (Å²) in [5.41, 5.74) is 0.862. The molecule has 1 saturated heterocycles. The molecular weight excluding hydrogens is 254 g/mol. The third-order valence-electron chi connectivity index (χ3n) is 3.83. The second-order valence-electron chi connectivity index (χ2n) is 5.26. The van der Waals surface area contributed by atoms with Gasteiger partial charge in [-0.05, 0) is 37.0 Å². The number of likely N-dealkylation sites (tertiary alicyclic amines) is 1. The first-order valence-electron chi connectivity index (χ1n) is 7.22. The minimum Gasteiger partial charge on any atom is -0.508 e. The van der Waals surface area contributed by atoms with Gasteiger partial charge in [0.25, 0.3) is 0 Å². The van der Waals surface area contributed by atoms with Gasteiger partial charge in [-0.15, -0.1) is 0 Å². The molecule has 0 spiro atoms. The van der Waals surface area contributed by atoms with E-state index in [4.69, 9.17) is 0 Å². The number of aromatic hydroxyl groups is 1. The van der Waals surface area contributed by atoms with E-state index in [9.17, 15) is 14.7 Å². The summed E-state index contributed by atoms with van der Waals surface area (Å²) >= 11 is 0. The third-order valence-corrected chi connectivity index (χ3v) is 3.83. The molecule has 108 valence electrons. The average Bonchev–Trinajstić information content (AvgIpc) is 2.48. The molecule has 0 aliphatic carbocycles. The molecule has 0 radical (unpaired) electrons. The van der Waals surface area contributed by atoms with Crippen molar-refractivity contribution in [2.75, 3.05) is 6.54 Å². The highest BCUT2D eigenvalue weighted by Gasteiger charge is 2.30. The molecule has 1 N–H and O–H groups in total. The minimum atomic E-state index is -0.238. The summed E-state index contributed by atoms with van der Waals surface area (Å²) < 4.78 is 0. The number of nitrogens with zero attached hydrogens (tertiary/aromatic N) is 1. The Morgan fingerprint density at radius 1 is 1.25 bits per heavy atom. The van der Waals surface area contributed by atoms with Gasteiger partial charge in [0.15, 0.2) is 5.78 Å². The largest absolute Gasteiger partial charge is 0.508 e. The van der Waals surface area contributed by atoms with E-state index < -0.39 is 0 Å². The van der Waals surface area contributed by atoms with E-state index in [1.807, 2.05) is 6.92 Å². The van der Waals surface area contributed by atoms with Crippen molar-refractivity contribution in [1.82, 2.24) is 4.90 Å². The SMILES string of the molecule is CCC(=O)[C@@H]1CCCCN1C(=O)Cc1ccc(O)cc1. The Bertz CT molecular complexity index is 481. The average molecular weight is 275 g/mol. The number of benzene rings is 1. The van der Waals surface area contributed by atoms with Crippen LogP contribution in [0, 0.1) is 0 Å². The zero-order valence-corrected chi connectivity index (χ0v) is 11.8. The molecule has 1 aliphatic rings. The number of ketones is 1. The van der Waals surface area contributed by atoms with E-state index >= 15 is 0 Å². The number of Topliss-reactive ketones (excluding diaryl/α,β-unsaturated/α-hetero) is 1. The Morgan fingerprint density at radius 2 is 1.95 bits per heavy atom. The lowest BCUT2D eigenvalue weighted by Gasteiger charge is -2.34. The van der Waals surface area contributed by atoms with Crippen LogP contribution in [0.15, 0.2) is 24.3 Å². The first-order chi connectivity index (χ1) is 9.61. The Balaban J connectivity index is 2.05. The lowest BCUT2D eigenvalue weighted by molar-refractivity contribution is -0.140. The molecule has 1 amide bonds. The van der Waals surface area contributed by atoms with Crippen molar-refractivity contribution in [3.8, 4) is 5.75 Å². The van der Waals surface area contributed by atoms with Gasteiger partial charge >= 0.3 is 0 Å². The van der Waals surface area contributed by atoms with E-state index in [2.05, 4.69) is 0 Å². The fraction of sp³-hybridized carbons (Fsp3) is 0.500. The number of hydrogen-bond acceptors (Lipinski definition) is 3. The van der Waals surface area contributed by atoms with Gasteiger partial charge in [-0.3, -0.25) is 9.59 Å². The second-order valence-corrected chi connectivity index (χ2v) is 5.26. The van der Waals surface area contributed by atoms with E-state index in [-0.39, 0.29) is 29.9 Å². The van der Waals surface area contributed by atoms with Crippen LogP contribution in [0.3, 0.4) is 0 Å². The third kappa shape index (κ3) is 3.38. The second kappa shape index (κ2) is 6.55. The van der Waals surface area contributed by atoms with E-state index in [1.165, 1.54) is 0 Å². The van der Waals surface area contributed by atoms with Crippen molar-refractivity contribution in [1.29, 1.82) is 0 Å². The number of phenols is 1. The predicted octanol–water partition coefficient (Wildman–Crippen LogP) is 2.29. The molecule has 0 bridgehead atoms. The number of carbonyl (C=O) groups excluding carboxylic acids is 2. The summed E-state index contributed by atoms with van der Waals surface area (Å²) in [5.74, 6) is 0.351. The molecule has 1 atom stereocenters. The number of rotatable bonds is 4. The van der Waals surface area contributed by atoms with Crippen molar-refractivity contribution in [3.05, 3.63) is 29.8 Å². The topological polar surface area (TPSA) is 57.6 Å². The molecule has 4 heteroatoms. The van der Waals surface area contributed by atoms with Gasteiger partial charge in [-0.25, -0.2) is 0 Å². The molecular formula is C16H21NO3. The fourth-order valence-corrected chi connectivity index (χ4v) is 2.69. The van der Waals surface area contributed by atoms with Gasteiger partial charge < -0.3 is 10.0 Å². The fourth-order valence-electron chi connectivity index (χ4n) is 2.69. The molecule has 2 rings (SSSR count). The zero-order valence-electron chi connectivity index (χ0n) is 11.8. The van der Waals surface area contributed by atoms with Gasteiger partial charge in [0.05, 0.1) is 12.5 Å². The van der Waals surface area contributed by atoms with Gasteiger partial charge in [0.1, 0.15) is 5.75 Å². The van der Waals surface area contributed by atoms with E-state index in [0.717, 1.165) is 24.8 Å². The van der Waals surface area contributed by atoms with E-state index in [0.29, 0.717) is 13.0 Å². The number of phenolic OH excluding ortho intramolecular Hbond substituents is 1. The Hall–Kier alpha value is -1.84. The first-order valence-corrected chi connectivity index (χ1v) is 7.22. The van der Waals surface area contributed by atoms with Crippen molar-refractivity contribution >= 4 is 11.7 Å². The highest BCUT2D eigenvalue weighted by atomic mass is 16.3. The first kappa shape index (κ1) is 14.6. The normalized spacial score (nSPS) is 18.9. The summed E-state index contributed by atoms with van der Waals surface area (Å²) in [4.78, 5) is 26.1. The van der Waals surface area contributed by atoms with Gasteiger partial charge in [-0.2, -0.15) is 0 Å². The molecule has 1 fully saturated rings. The van der Waals surface area contributed by atoms with Crippen LogP contribution in [-0.4, -0.2) is 34.3 Å². The predicted molar refractivity (Wildman–Crippen MR) is 76.5 cm³/mol. The maximum Gasteiger partial charge on any atom is 0.227 e. The lowest BCUT2D eigenvalue weighted by atomic mass is 9.96. The number of piperidine rings is 1. The maximum absolute atomic E-state index is 12.4. The molecule has 4 nitrogen and oxygen atoms in total. The standard InChI is InChI=1S/C16H21NO3/c1-2-15(19)14-5-3-4-10-17(14)16(20)11-12-6-8-13(18)9-7-12/h6-9,14,18H,2-5,10-11H2,1H3/t14-/m0/s1. The van der Waals surface area contributed by atoms with Gasteiger partial charge in [0.2, 0.25) is 5.91 Å². The highest BCUT2D eigenvalue weighted by molar-refractivity contribution is 5.89. The van der Waals surface area contributed by atoms with E-state index in [1.54, 1.807) is 29.2 Å². The summed E-state index contributed by atoms with van der Waals surface area (Å²) in [5, 5.41) is 9.25. The monoisotopic (exact) mass is 275 g/mol. The Labute approximate surface area is 119 Å². The molecule has 1 aromatic carbocycles. The summed E-state index contributed by atoms with van der Waals surface area (Å²) in [6.45, 7) is 2.52. The molecule has 0 aromatic heterocycles. The molecule has 1 heterocycles. The van der Waals surface area contributed by atoms with Gasteiger partial charge in [-0.1, -0.05) is 19.1 Å². The van der Waals surface area contributed by atoms with Crippen molar-refractivity contribution in [2.24, 2.45) is 0 Å².